The molecule has 1 atom stereocenters. The second-order valence-electron chi connectivity index (χ2n) is 7.46. The molecule has 1 aromatic heterocycles. The predicted molar refractivity (Wildman–Crippen MR) is 116 cm³/mol. The molecule has 1 aromatic carbocycles. The molecular weight excluding hydrogens is 402 g/mol. The normalized spacial score (nSPS) is 16.8. The minimum Gasteiger partial charge on any atom is -0.369 e. The number of rotatable bonds is 7. The van der Waals surface area contributed by atoms with Crippen molar-refractivity contribution in [3.8, 4) is 0 Å². The van der Waals surface area contributed by atoms with Gasteiger partial charge in [-0.1, -0.05) is 6.07 Å². The molecule has 1 aliphatic heterocycles. The number of amides is 1. The predicted octanol–water partition coefficient (Wildman–Crippen LogP) is 2.32. The van der Waals surface area contributed by atoms with Crippen molar-refractivity contribution in [3.05, 3.63) is 59.3 Å². The number of benzene rings is 1. The van der Waals surface area contributed by atoms with Crippen LogP contribution in [0.2, 0.25) is 0 Å². The second kappa shape index (κ2) is 10.7. The third-order valence-corrected chi connectivity index (χ3v) is 5.20. The molecule has 9 heteroatoms. The molecule has 0 aliphatic carbocycles. The van der Waals surface area contributed by atoms with Crippen LogP contribution in [0.5, 0.6) is 0 Å². The lowest BCUT2D eigenvalue weighted by molar-refractivity contribution is -0.122. The Kier molecular flexibility index (Phi) is 7.75. The smallest absolute Gasteiger partial charge is 0.222 e. The van der Waals surface area contributed by atoms with Crippen LogP contribution in [0, 0.1) is 17.6 Å². The van der Waals surface area contributed by atoms with E-state index in [9.17, 15) is 13.6 Å². The summed E-state index contributed by atoms with van der Waals surface area (Å²) in [6.07, 6.45) is 3.39. The lowest BCUT2D eigenvalue weighted by Gasteiger charge is -2.33. The van der Waals surface area contributed by atoms with E-state index in [4.69, 9.17) is 5.73 Å². The molecule has 0 radical (unpaired) electrons. The van der Waals surface area contributed by atoms with Crippen LogP contribution in [-0.2, 0) is 17.9 Å². The monoisotopic (exact) mass is 430 g/mol. The minimum atomic E-state index is -0.500. The Labute approximate surface area is 180 Å². The number of nitrogens with two attached hydrogens (primary N) is 1. The Bertz CT molecular complexity index is 936. The highest BCUT2D eigenvalue weighted by Gasteiger charge is 2.26. The maximum Gasteiger partial charge on any atom is 0.222 e. The molecule has 2 heterocycles. The number of hydrogen-bond donors (Lipinski definition) is 3. The number of guanidine groups is 1. The summed E-state index contributed by atoms with van der Waals surface area (Å²) >= 11 is 0. The van der Waals surface area contributed by atoms with Crippen molar-refractivity contribution in [1.29, 1.82) is 0 Å². The van der Waals surface area contributed by atoms with Crippen molar-refractivity contribution >= 4 is 17.7 Å². The summed E-state index contributed by atoms with van der Waals surface area (Å²) in [6.45, 7) is 4.33. The van der Waals surface area contributed by atoms with E-state index < -0.39 is 11.6 Å². The quantitative estimate of drug-likeness (QED) is 0.463. The van der Waals surface area contributed by atoms with Gasteiger partial charge in [0.2, 0.25) is 5.91 Å². The first-order valence-electron chi connectivity index (χ1n) is 10.4. The summed E-state index contributed by atoms with van der Waals surface area (Å²) in [4.78, 5) is 22.6. The molecule has 166 valence electrons. The van der Waals surface area contributed by atoms with Gasteiger partial charge >= 0.3 is 0 Å². The van der Waals surface area contributed by atoms with Gasteiger partial charge in [-0.05, 0) is 44.0 Å². The first-order valence-corrected chi connectivity index (χ1v) is 10.4. The van der Waals surface area contributed by atoms with Gasteiger partial charge in [-0.25, -0.2) is 18.8 Å². The third-order valence-electron chi connectivity index (χ3n) is 5.20. The number of aliphatic imine (C=N–C) groups is 1. The van der Waals surface area contributed by atoms with Crippen molar-refractivity contribution in [2.45, 2.75) is 32.9 Å². The highest BCUT2D eigenvalue weighted by Crippen LogP contribution is 2.24. The molecule has 1 fully saturated rings. The maximum atomic E-state index is 13.9. The summed E-state index contributed by atoms with van der Waals surface area (Å²) in [7, 11) is 0. The number of nitrogens with zero attached hydrogens (tertiary/aromatic N) is 3. The van der Waals surface area contributed by atoms with Crippen molar-refractivity contribution < 1.29 is 13.6 Å². The number of nitrogens with one attached hydrogen (secondary N) is 2. The Hall–Kier alpha value is -3.23. The van der Waals surface area contributed by atoms with Crippen LogP contribution in [0.4, 0.5) is 14.6 Å². The van der Waals surface area contributed by atoms with Gasteiger partial charge in [0.15, 0.2) is 5.96 Å². The molecule has 3 rings (SSSR count). The number of piperidine rings is 1. The molecule has 0 saturated carbocycles. The SMILES string of the molecule is CCNC(=NCc1cc(F)ccc1F)NCc1cccnc1N1CCCC(C(N)=O)C1. The zero-order chi connectivity index (χ0) is 22.2. The van der Waals surface area contributed by atoms with E-state index in [2.05, 4.69) is 25.5 Å². The summed E-state index contributed by atoms with van der Waals surface area (Å²) in [5.74, 6) is -0.185. The van der Waals surface area contributed by atoms with Crippen molar-refractivity contribution in [3.63, 3.8) is 0 Å². The number of anilines is 1. The fourth-order valence-electron chi connectivity index (χ4n) is 3.60. The fraction of sp³-hybridized carbons (Fsp3) is 0.409. The molecule has 0 spiro atoms. The summed E-state index contributed by atoms with van der Waals surface area (Å²) in [5, 5.41) is 6.32. The number of pyridine rings is 1. The molecule has 0 bridgehead atoms. The zero-order valence-electron chi connectivity index (χ0n) is 17.6. The van der Waals surface area contributed by atoms with E-state index in [1.165, 1.54) is 0 Å². The lowest BCUT2D eigenvalue weighted by Crippen LogP contribution is -2.42. The van der Waals surface area contributed by atoms with E-state index in [0.29, 0.717) is 25.6 Å². The van der Waals surface area contributed by atoms with Gasteiger partial charge in [-0.2, -0.15) is 0 Å². The fourth-order valence-corrected chi connectivity index (χ4v) is 3.60. The molecular formula is C22H28F2N6O. The van der Waals surface area contributed by atoms with E-state index in [1.807, 2.05) is 19.1 Å². The first kappa shape index (κ1) is 22.5. The number of carbonyl (C=O) groups is 1. The molecule has 31 heavy (non-hydrogen) atoms. The summed E-state index contributed by atoms with van der Waals surface area (Å²) < 4.78 is 27.3. The highest BCUT2D eigenvalue weighted by molar-refractivity contribution is 5.80. The standard InChI is InChI=1S/C22H28F2N6O/c1-2-26-22(29-13-17-11-18(23)7-8-19(17)24)28-12-15-5-3-9-27-21(15)30-10-4-6-16(14-30)20(25)31/h3,5,7-9,11,16H,2,4,6,10,12-14H2,1H3,(H2,25,31)(H2,26,28,29). The van der Waals surface area contributed by atoms with Crippen LogP contribution < -0.4 is 21.3 Å². The molecule has 1 amide bonds. The number of carbonyl (C=O) groups excluding carboxylic acids is 1. The molecule has 1 unspecified atom stereocenters. The summed E-state index contributed by atoms with van der Waals surface area (Å²) in [5.41, 5.74) is 6.63. The largest absolute Gasteiger partial charge is 0.369 e. The molecule has 2 aromatic rings. The Morgan fingerprint density at radius 2 is 2.13 bits per heavy atom. The Morgan fingerprint density at radius 3 is 2.90 bits per heavy atom. The van der Waals surface area contributed by atoms with Crippen molar-refractivity contribution in [2.24, 2.45) is 16.6 Å². The third kappa shape index (κ3) is 6.13. The average molecular weight is 431 g/mol. The topological polar surface area (TPSA) is 95.6 Å². The summed E-state index contributed by atoms with van der Waals surface area (Å²) in [6, 6.07) is 7.13. The van der Waals surface area contributed by atoms with Gasteiger partial charge in [-0.15, -0.1) is 0 Å². The van der Waals surface area contributed by atoms with Crippen LogP contribution in [-0.4, -0.2) is 36.5 Å². The lowest BCUT2D eigenvalue weighted by atomic mass is 9.97. The van der Waals surface area contributed by atoms with Crippen LogP contribution in [0.15, 0.2) is 41.5 Å². The molecule has 1 saturated heterocycles. The van der Waals surface area contributed by atoms with Gasteiger partial charge < -0.3 is 21.3 Å². The number of aromatic nitrogens is 1. The van der Waals surface area contributed by atoms with Crippen molar-refractivity contribution in [2.75, 3.05) is 24.5 Å². The zero-order valence-corrected chi connectivity index (χ0v) is 17.6. The molecule has 7 nitrogen and oxygen atoms in total. The van der Waals surface area contributed by atoms with Crippen LogP contribution in [0.25, 0.3) is 0 Å². The maximum absolute atomic E-state index is 13.9. The Morgan fingerprint density at radius 1 is 1.29 bits per heavy atom. The number of hydrogen-bond acceptors (Lipinski definition) is 4. The van der Waals surface area contributed by atoms with Gasteiger partial charge in [0, 0.05) is 43.5 Å². The van der Waals surface area contributed by atoms with Crippen molar-refractivity contribution in [1.82, 2.24) is 15.6 Å². The van der Waals surface area contributed by atoms with E-state index >= 15 is 0 Å². The second-order valence-corrected chi connectivity index (χ2v) is 7.46. The van der Waals surface area contributed by atoms with Crippen LogP contribution in [0.1, 0.15) is 30.9 Å². The van der Waals surface area contributed by atoms with Gasteiger partial charge in [0.05, 0.1) is 12.5 Å². The number of primary amides is 1. The Balaban J connectivity index is 1.71. The molecule has 1 aliphatic rings. The number of halogens is 2. The van der Waals surface area contributed by atoms with Crippen LogP contribution in [0.3, 0.4) is 0 Å². The van der Waals surface area contributed by atoms with Gasteiger partial charge in [0.25, 0.3) is 0 Å². The highest BCUT2D eigenvalue weighted by atomic mass is 19.1. The first-order chi connectivity index (χ1) is 15.0. The van der Waals surface area contributed by atoms with E-state index in [0.717, 1.165) is 49.0 Å². The average Bonchev–Trinajstić information content (AvgIpc) is 2.78. The van der Waals surface area contributed by atoms with Crippen LogP contribution >= 0.6 is 0 Å². The van der Waals surface area contributed by atoms with E-state index in [1.54, 1.807) is 6.20 Å². The molecule has 4 N–H and O–H groups in total. The minimum absolute atomic E-state index is 0.00520. The van der Waals surface area contributed by atoms with Gasteiger partial charge in [-0.3, -0.25) is 4.79 Å². The van der Waals surface area contributed by atoms with Gasteiger partial charge in [0.1, 0.15) is 17.5 Å². The van der Waals surface area contributed by atoms with E-state index in [-0.39, 0.29) is 23.9 Å².